The van der Waals surface area contributed by atoms with Gasteiger partial charge in [-0.25, -0.2) is 0 Å². The second-order valence-corrected chi connectivity index (χ2v) is 10.2. The molecule has 4 atom stereocenters. The molecule has 0 aromatic carbocycles. The number of carbonyl (C=O) groups excluding carboxylic acids is 6. The van der Waals surface area contributed by atoms with E-state index in [1.165, 1.54) is 6.92 Å². The summed E-state index contributed by atoms with van der Waals surface area (Å²) >= 11 is 1.15. The summed E-state index contributed by atoms with van der Waals surface area (Å²) in [6.07, 6.45) is 2.36. The summed E-state index contributed by atoms with van der Waals surface area (Å²) in [7, 11) is 0. The van der Waals surface area contributed by atoms with Gasteiger partial charge < -0.3 is 32.1 Å². The highest BCUT2D eigenvalue weighted by molar-refractivity contribution is 8.00. The first-order chi connectivity index (χ1) is 17.6. The molecule has 4 amide bonds. The number of hydrogen-bond acceptors (Lipinski definition) is 9. The molecule has 1 aliphatic carbocycles. The maximum absolute atomic E-state index is 12.9. The smallest absolute Gasteiger partial charge is 0.243 e. The van der Waals surface area contributed by atoms with Crippen LogP contribution >= 0.6 is 11.8 Å². The van der Waals surface area contributed by atoms with Crippen molar-refractivity contribution in [2.45, 2.75) is 76.1 Å². The Bertz CT molecular complexity index is 810. The summed E-state index contributed by atoms with van der Waals surface area (Å²) < 4.78 is 0. The van der Waals surface area contributed by atoms with Crippen LogP contribution in [0.2, 0.25) is 0 Å². The monoisotopic (exact) mass is 543 g/mol. The summed E-state index contributed by atoms with van der Waals surface area (Å²) in [5, 5.41) is 18.7. The third-order valence-corrected chi connectivity index (χ3v) is 7.14. The van der Waals surface area contributed by atoms with Crippen LogP contribution in [0.1, 0.15) is 58.8 Å². The summed E-state index contributed by atoms with van der Waals surface area (Å²) in [5.74, 6) is -2.93. The maximum atomic E-state index is 12.9. The standard InChI is InChI=1S/C24H41N5O7S/c1-3-10-26-24(36)18(28-15(2)31)14-37-20-13-19(32)16(22(20)34)7-8-21(33)29-17(6-4-5-9-25)23(35)27-11-12-30/h16-18,20,30H,3-14,25H2,1-2H3,(H,26,36)(H,27,35)(H,28,31)(H,29,33). The Kier molecular flexibility index (Phi) is 15.7. The number of aliphatic hydroxyl groups is 1. The zero-order valence-corrected chi connectivity index (χ0v) is 22.5. The number of amides is 4. The van der Waals surface area contributed by atoms with Crippen molar-refractivity contribution in [3.63, 3.8) is 0 Å². The van der Waals surface area contributed by atoms with Crippen LogP contribution in [-0.2, 0) is 28.8 Å². The number of unbranched alkanes of at least 4 members (excludes halogenated alkanes) is 1. The number of nitrogens with two attached hydrogens (primary N) is 1. The second kappa shape index (κ2) is 17.9. The maximum Gasteiger partial charge on any atom is 0.243 e. The summed E-state index contributed by atoms with van der Waals surface area (Å²) in [5.41, 5.74) is 5.50. The van der Waals surface area contributed by atoms with Crippen LogP contribution < -0.4 is 27.0 Å². The lowest BCUT2D eigenvalue weighted by atomic mass is 9.99. The van der Waals surface area contributed by atoms with Crippen LogP contribution in [0.5, 0.6) is 0 Å². The predicted octanol–water partition coefficient (Wildman–Crippen LogP) is -1.22. The first-order valence-electron chi connectivity index (χ1n) is 12.7. The lowest BCUT2D eigenvalue weighted by molar-refractivity contribution is -0.130. The van der Waals surface area contributed by atoms with Gasteiger partial charge in [-0.05, 0) is 38.6 Å². The molecule has 1 aliphatic rings. The minimum absolute atomic E-state index is 0.00440. The van der Waals surface area contributed by atoms with Gasteiger partial charge in [-0.3, -0.25) is 28.8 Å². The van der Waals surface area contributed by atoms with Crippen LogP contribution in [0, 0.1) is 5.92 Å². The first kappa shape index (κ1) is 32.5. The molecule has 0 spiro atoms. The molecule has 1 rings (SSSR count). The number of thioether (sulfide) groups is 1. The lowest BCUT2D eigenvalue weighted by Gasteiger charge is -2.19. The van der Waals surface area contributed by atoms with Crippen molar-refractivity contribution >= 4 is 47.0 Å². The zero-order chi connectivity index (χ0) is 27.8. The molecule has 1 fully saturated rings. The number of Topliss-reactive ketones (excluding diaryl/α,β-unsaturated/α-hetero) is 2. The molecule has 0 aromatic heterocycles. The molecule has 37 heavy (non-hydrogen) atoms. The average molecular weight is 544 g/mol. The highest BCUT2D eigenvalue weighted by Gasteiger charge is 2.41. The number of aliphatic hydroxyl groups excluding tert-OH is 1. The highest BCUT2D eigenvalue weighted by Crippen LogP contribution is 2.31. The van der Waals surface area contributed by atoms with E-state index in [-0.39, 0.29) is 61.5 Å². The number of nitrogens with one attached hydrogen (secondary N) is 4. The van der Waals surface area contributed by atoms with Crippen molar-refractivity contribution in [2.24, 2.45) is 11.7 Å². The van der Waals surface area contributed by atoms with Gasteiger partial charge in [0, 0.05) is 38.6 Å². The molecule has 0 aromatic rings. The van der Waals surface area contributed by atoms with E-state index in [1.807, 2.05) is 6.92 Å². The number of hydrogen-bond donors (Lipinski definition) is 6. The van der Waals surface area contributed by atoms with Crippen LogP contribution in [-0.4, -0.2) is 89.6 Å². The fourth-order valence-electron chi connectivity index (χ4n) is 3.87. The fourth-order valence-corrected chi connectivity index (χ4v) is 5.14. The SMILES string of the molecule is CCCNC(=O)C(CSC1CC(=O)C(CCC(=O)NC(CCCCN)C(=O)NCCO)C1=O)NC(C)=O. The molecule has 0 radical (unpaired) electrons. The van der Waals surface area contributed by atoms with Gasteiger partial charge in [0.15, 0.2) is 5.78 Å². The minimum Gasteiger partial charge on any atom is -0.395 e. The molecule has 210 valence electrons. The summed E-state index contributed by atoms with van der Waals surface area (Å²) in [4.78, 5) is 74.0. The van der Waals surface area contributed by atoms with Gasteiger partial charge in [-0.1, -0.05) is 6.92 Å². The van der Waals surface area contributed by atoms with Crippen molar-refractivity contribution in [3.8, 4) is 0 Å². The molecule has 1 saturated carbocycles. The Balaban J connectivity index is 2.64. The van der Waals surface area contributed by atoms with Gasteiger partial charge >= 0.3 is 0 Å². The molecule has 0 heterocycles. The van der Waals surface area contributed by atoms with Crippen LogP contribution in [0.4, 0.5) is 0 Å². The molecule has 0 saturated heterocycles. The van der Waals surface area contributed by atoms with Gasteiger partial charge in [-0.15, -0.1) is 11.8 Å². The van der Waals surface area contributed by atoms with E-state index >= 15 is 0 Å². The Morgan fingerprint density at radius 2 is 1.73 bits per heavy atom. The highest BCUT2D eigenvalue weighted by atomic mass is 32.2. The van der Waals surface area contributed by atoms with Crippen LogP contribution in [0.3, 0.4) is 0 Å². The van der Waals surface area contributed by atoms with Crippen molar-refractivity contribution in [1.29, 1.82) is 0 Å². The van der Waals surface area contributed by atoms with E-state index in [2.05, 4.69) is 21.3 Å². The molecule has 0 aliphatic heterocycles. The first-order valence-corrected chi connectivity index (χ1v) is 13.8. The van der Waals surface area contributed by atoms with Gasteiger partial charge in [0.2, 0.25) is 23.6 Å². The number of carbonyl (C=O) groups is 6. The van der Waals surface area contributed by atoms with E-state index < -0.39 is 35.1 Å². The van der Waals surface area contributed by atoms with E-state index in [1.54, 1.807) is 0 Å². The Hall–Kier alpha value is -2.51. The van der Waals surface area contributed by atoms with Crippen molar-refractivity contribution < 1.29 is 33.9 Å². The topological polar surface area (TPSA) is 197 Å². The summed E-state index contributed by atoms with van der Waals surface area (Å²) in [6.45, 7) is 3.96. The molecule has 7 N–H and O–H groups in total. The molecular weight excluding hydrogens is 502 g/mol. The second-order valence-electron chi connectivity index (χ2n) is 8.95. The Labute approximate surface area is 222 Å². The van der Waals surface area contributed by atoms with Crippen molar-refractivity contribution in [3.05, 3.63) is 0 Å². The quantitative estimate of drug-likeness (QED) is 0.0906. The molecule has 12 nitrogen and oxygen atoms in total. The Morgan fingerprint density at radius 3 is 2.35 bits per heavy atom. The van der Waals surface area contributed by atoms with Crippen molar-refractivity contribution in [1.82, 2.24) is 21.3 Å². The third kappa shape index (κ3) is 12.1. The number of rotatable bonds is 18. The molecule has 0 bridgehead atoms. The minimum atomic E-state index is -0.921. The van der Waals surface area contributed by atoms with E-state index in [9.17, 15) is 28.8 Å². The van der Waals surface area contributed by atoms with Crippen molar-refractivity contribution in [2.75, 3.05) is 32.0 Å². The average Bonchev–Trinajstić information content (AvgIpc) is 3.13. The van der Waals surface area contributed by atoms with Gasteiger partial charge in [-0.2, -0.15) is 0 Å². The van der Waals surface area contributed by atoms with Gasteiger partial charge in [0.05, 0.1) is 17.8 Å². The van der Waals surface area contributed by atoms with Gasteiger partial charge in [0.1, 0.15) is 17.9 Å². The molecule has 13 heteroatoms. The normalized spacial score (nSPS) is 18.7. The van der Waals surface area contributed by atoms with Gasteiger partial charge in [0.25, 0.3) is 0 Å². The zero-order valence-electron chi connectivity index (χ0n) is 21.7. The van der Waals surface area contributed by atoms with E-state index in [4.69, 9.17) is 10.8 Å². The third-order valence-electron chi connectivity index (χ3n) is 5.81. The predicted molar refractivity (Wildman–Crippen MR) is 139 cm³/mol. The largest absolute Gasteiger partial charge is 0.395 e. The summed E-state index contributed by atoms with van der Waals surface area (Å²) in [6, 6.07) is -1.62. The van der Waals surface area contributed by atoms with E-state index in [0.29, 0.717) is 32.4 Å². The Morgan fingerprint density at radius 1 is 1.05 bits per heavy atom. The molecular formula is C24H41N5O7S. The number of ketones is 2. The molecule has 4 unspecified atom stereocenters. The van der Waals surface area contributed by atoms with E-state index in [0.717, 1.165) is 18.2 Å². The lowest BCUT2D eigenvalue weighted by Crippen LogP contribution is -2.48. The van der Waals surface area contributed by atoms with Crippen LogP contribution in [0.25, 0.3) is 0 Å². The van der Waals surface area contributed by atoms with Crippen LogP contribution in [0.15, 0.2) is 0 Å². The fraction of sp³-hybridized carbons (Fsp3) is 0.750.